The van der Waals surface area contributed by atoms with Gasteiger partial charge >= 0.3 is 0 Å². The second-order valence-electron chi connectivity index (χ2n) is 4.35. The second-order valence-corrected chi connectivity index (χ2v) is 5.19. The number of amides is 1. The molecule has 0 bridgehead atoms. The lowest BCUT2D eigenvalue weighted by Gasteiger charge is -2.04. The molecule has 0 radical (unpaired) electrons. The smallest absolute Gasteiger partial charge is 0.248 e. The number of benzene rings is 2. The molecule has 2 N–H and O–H groups in total. The fraction of sp³-hybridized carbons (Fsp3) is 0.0625. The Bertz CT molecular complexity index is 684. The fourth-order valence-corrected chi connectivity index (χ4v) is 2.20. The monoisotopic (exact) mass is 321 g/mol. The minimum absolute atomic E-state index is 0.0695. The van der Waals surface area contributed by atoms with Crippen molar-refractivity contribution < 1.29 is 9.90 Å². The van der Waals surface area contributed by atoms with Gasteiger partial charge in [0.15, 0.2) is 0 Å². The van der Waals surface area contributed by atoms with E-state index < -0.39 is 0 Å². The van der Waals surface area contributed by atoms with E-state index in [0.29, 0.717) is 21.3 Å². The molecule has 3 nitrogen and oxygen atoms in total. The minimum Gasteiger partial charge on any atom is -0.392 e. The highest BCUT2D eigenvalue weighted by Crippen LogP contribution is 2.22. The van der Waals surface area contributed by atoms with Gasteiger partial charge in [-0.2, -0.15) is 0 Å². The van der Waals surface area contributed by atoms with Gasteiger partial charge in [-0.15, -0.1) is 0 Å². The van der Waals surface area contributed by atoms with Crippen LogP contribution in [0.2, 0.25) is 10.0 Å². The number of aliphatic hydroxyl groups is 1. The molecule has 2 aromatic rings. The van der Waals surface area contributed by atoms with Crippen molar-refractivity contribution >= 4 is 40.9 Å². The molecule has 21 heavy (non-hydrogen) atoms. The van der Waals surface area contributed by atoms with Crippen LogP contribution in [0.3, 0.4) is 0 Å². The van der Waals surface area contributed by atoms with E-state index in [4.69, 9.17) is 28.3 Å². The first-order valence-corrected chi connectivity index (χ1v) is 6.98. The lowest BCUT2D eigenvalue weighted by atomic mass is 10.2. The van der Waals surface area contributed by atoms with Gasteiger partial charge in [-0.3, -0.25) is 4.79 Å². The normalized spacial score (nSPS) is 10.8. The van der Waals surface area contributed by atoms with Gasteiger partial charge in [0.25, 0.3) is 0 Å². The third kappa shape index (κ3) is 4.60. The van der Waals surface area contributed by atoms with Crippen molar-refractivity contribution in [3.63, 3.8) is 0 Å². The predicted molar refractivity (Wildman–Crippen MR) is 86.5 cm³/mol. The highest BCUT2D eigenvalue weighted by molar-refractivity contribution is 6.35. The third-order valence-corrected chi connectivity index (χ3v) is 3.32. The molecule has 0 atom stereocenters. The van der Waals surface area contributed by atoms with Crippen molar-refractivity contribution in [1.29, 1.82) is 0 Å². The van der Waals surface area contributed by atoms with Crippen LogP contribution < -0.4 is 5.32 Å². The summed E-state index contributed by atoms with van der Waals surface area (Å²) in [7, 11) is 0. The fourth-order valence-electron chi connectivity index (χ4n) is 1.73. The molecule has 0 heterocycles. The maximum atomic E-state index is 11.8. The Balaban J connectivity index is 2.05. The van der Waals surface area contributed by atoms with Crippen LogP contribution in [0.15, 0.2) is 48.5 Å². The highest BCUT2D eigenvalue weighted by atomic mass is 35.5. The molecule has 1 amide bonds. The number of nitrogens with one attached hydrogen (secondary N) is 1. The third-order valence-electron chi connectivity index (χ3n) is 2.75. The summed E-state index contributed by atoms with van der Waals surface area (Å²) in [5, 5.41) is 12.8. The van der Waals surface area contributed by atoms with Crippen molar-refractivity contribution in [3.05, 3.63) is 69.7 Å². The van der Waals surface area contributed by atoms with Gasteiger partial charge in [-0.1, -0.05) is 41.4 Å². The summed E-state index contributed by atoms with van der Waals surface area (Å²) in [4.78, 5) is 11.8. The van der Waals surface area contributed by atoms with Crippen LogP contribution in [-0.4, -0.2) is 11.0 Å². The first-order valence-electron chi connectivity index (χ1n) is 6.22. The average Bonchev–Trinajstić information content (AvgIpc) is 2.46. The summed E-state index contributed by atoms with van der Waals surface area (Å²) in [5.74, 6) is -0.281. The largest absolute Gasteiger partial charge is 0.392 e. The van der Waals surface area contributed by atoms with Gasteiger partial charge in [0, 0.05) is 21.8 Å². The SMILES string of the molecule is O=C(C=Cc1ccc(Cl)cc1Cl)Nc1cccc(CO)c1. The Kier molecular flexibility index (Phi) is 5.39. The Morgan fingerprint density at radius 1 is 1.19 bits per heavy atom. The number of aliphatic hydroxyl groups excluding tert-OH is 1. The lowest BCUT2D eigenvalue weighted by Crippen LogP contribution is -2.07. The molecule has 0 fully saturated rings. The molecular weight excluding hydrogens is 309 g/mol. The average molecular weight is 322 g/mol. The Labute approximate surface area is 132 Å². The standard InChI is InChI=1S/C16H13Cl2NO2/c17-13-6-4-12(15(18)9-13)5-7-16(21)19-14-3-1-2-11(8-14)10-20/h1-9,20H,10H2,(H,19,21). The van der Waals surface area contributed by atoms with Gasteiger partial charge in [0.2, 0.25) is 5.91 Å². The van der Waals surface area contributed by atoms with E-state index in [1.54, 1.807) is 48.5 Å². The van der Waals surface area contributed by atoms with E-state index in [2.05, 4.69) is 5.32 Å². The zero-order chi connectivity index (χ0) is 15.2. The van der Waals surface area contributed by atoms with Crippen LogP contribution in [0, 0.1) is 0 Å². The van der Waals surface area contributed by atoms with Crippen molar-refractivity contribution in [1.82, 2.24) is 0 Å². The molecule has 0 aliphatic rings. The molecular formula is C16H13Cl2NO2. The number of anilines is 1. The molecule has 2 aromatic carbocycles. The second kappa shape index (κ2) is 7.27. The molecule has 0 saturated carbocycles. The van der Waals surface area contributed by atoms with Gasteiger partial charge in [-0.25, -0.2) is 0 Å². The van der Waals surface area contributed by atoms with Crippen LogP contribution in [-0.2, 0) is 11.4 Å². The quantitative estimate of drug-likeness (QED) is 0.831. The number of halogens is 2. The zero-order valence-electron chi connectivity index (χ0n) is 11.0. The van der Waals surface area contributed by atoms with E-state index >= 15 is 0 Å². The zero-order valence-corrected chi connectivity index (χ0v) is 12.5. The van der Waals surface area contributed by atoms with E-state index in [0.717, 1.165) is 5.56 Å². The molecule has 5 heteroatoms. The van der Waals surface area contributed by atoms with Crippen molar-refractivity contribution in [2.45, 2.75) is 6.61 Å². The summed E-state index contributed by atoms with van der Waals surface area (Å²) in [6.45, 7) is -0.0695. The summed E-state index contributed by atoms with van der Waals surface area (Å²) in [6, 6.07) is 12.1. The first-order chi connectivity index (χ1) is 10.1. The van der Waals surface area contributed by atoms with Gasteiger partial charge in [-0.05, 0) is 41.5 Å². The molecule has 0 spiro atoms. The summed E-state index contributed by atoms with van der Waals surface area (Å²) in [5.41, 5.74) is 2.07. The summed E-state index contributed by atoms with van der Waals surface area (Å²) >= 11 is 11.8. The van der Waals surface area contributed by atoms with Gasteiger partial charge in [0.05, 0.1) is 6.61 Å². The predicted octanol–water partition coefficient (Wildman–Crippen LogP) is 4.14. The summed E-state index contributed by atoms with van der Waals surface area (Å²) in [6.07, 6.45) is 3.00. The topological polar surface area (TPSA) is 49.3 Å². The Morgan fingerprint density at radius 3 is 2.71 bits per heavy atom. The van der Waals surface area contributed by atoms with Crippen molar-refractivity contribution in [2.75, 3.05) is 5.32 Å². The number of rotatable bonds is 4. The molecule has 108 valence electrons. The van der Waals surface area contributed by atoms with Gasteiger partial charge < -0.3 is 10.4 Å². The lowest BCUT2D eigenvalue weighted by molar-refractivity contribution is -0.111. The van der Waals surface area contributed by atoms with E-state index in [1.807, 2.05) is 0 Å². The van der Waals surface area contributed by atoms with Crippen LogP contribution >= 0.6 is 23.2 Å². The molecule has 0 unspecified atom stereocenters. The van der Waals surface area contributed by atoms with Crippen molar-refractivity contribution in [2.24, 2.45) is 0 Å². The minimum atomic E-state index is -0.281. The summed E-state index contributed by atoms with van der Waals surface area (Å²) < 4.78 is 0. The maximum Gasteiger partial charge on any atom is 0.248 e. The van der Waals surface area contributed by atoms with Crippen molar-refractivity contribution in [3.8, 4) is 0 Å². The van der Waals surface area contributed by atoms with Crippen LogP contribution in [0.4, 0.5) is 5.69 Å². The van der Waals surface area contributed by atoms with E-state index in [1.165, 1.54) is 6.08 Å². The Hall–Kier alpha value is -1.81. The number of carbonyl (C=O) groups excluding carboxylic acids is 1. The van der Waals surface area contributed by atoms with Crippen LogP contribution in [0.25, 0.3) is 6.08 Å². The molecule has 0 saturated heterocycles. The maximum absolute atomic E-state index is 11.8. The number of hydrogen-bond donors (Lipinski definition) is 2. The molecule has 0 aliphatic heterocycles. The Morgan fingerprint density at radius 2 is 2.00 bits per heavy atom. The van der Waals surface area contributed by atoms with Crippen LogP contribution in [0.1, 0.15) is 11.1 Å². The number of hydrogen-bond acceptors (Lipinski definition) is 2. The van der Waals surface area contributed by atoms with E-state index in [9.17, 15) is 4.79 Å². The molecule has 0 aliphatic carbocycles. The highest BCUT2D eigenvalue weighted by Gasteiger charge is 2.01. The number of carbonyl (C=O) groups is 1. The first kappa shape index (κ1) is 15.6. The van der Waals surface area contributed by atoms with Gasteiger partial charge in [0.1, 0.15) is 0 Å². The molecule has 0 aromatic heterocycles. The van der Waals surface area contributed by atoms with Crippen LogP contribution in [0.5, 0.6) is 0 Å². The molecule has 2 rings (SSSR count). The van der Waals surface area contributed by atoms with E-state index in [-0.39, 0.29) is 12.5 Å².